The number of aromatic amines is 1. The van der Waals surface area contributed by atoms with Crippen molar-refractivity contribution in [2.45, 2.75) is 13.0 Å². The molecule has 1 heterocycles. The van der Waals surface area contributed by atoms with E-state index in [-0.39, 0.29) is 0 Å². The van der Waals surface area contributed by atoms with E-state index < -0.39 is 6.10 Å². The average Bonchev–Trinajstić information content (AvgIpc) is 2.82. The highest BCUT2D eigenvalue weighted by atomic mass is 16.3. The summed E-state index contributed by atoms with van der Waals surface area (Å²) in [6.07, 6.45) is -0.710. The Labute approximate surface area is 105 Å². The van der Waals surface area contributed by atoms with E-state index in [4.69, 9.17) is 0 Å². The summed E-state index contributed by atoms with van der Waals surface area (Å²) in [4.78, 5) is 7.55. The van der Waals surface area contributed by atoms with Crippen LogP contribution in [-0.2, 0) is 0 Å². The minimum Gasteiger partial charge on any atom is -0.380 e. The molecule has 1 unspecified atom stereocenters. The van der Waals surface area contributed by atoms with Gasteiger partial charge in [0.15, 0.2) is 0 Å². The molecular weight excluding hydrogens is 224 g/mol. The van der Waals surface area contributed by atoms with E-state index in [1.54, 1.807) is 0 Å². The Morgan fingerprint density at radius 2 is 1.78 bits per heavy atom. The predicted octanol–water partition coefficient (Wildman–Crippen LogP) is 2.95. The molecule has 3 aromatic rings. The first kappa shape index (κ1) is 11.0. The first-order chi connectivity index (χ1) is 8.74. The first-order valence-corrected chi connectivity index (χ1v) is 5.93. The standard InChI is InChI=1S/C15H14N2O/c1-10-6-8-11(9-7-10)14(18)15-16-12-4-2-3-5-13(12)17-15/h2-9,14,18H,1H3,(H,16,17). The van der Waals surface area contributed by atoms with Crippen LogP contribution in [0.3, 0.4) is 0 Å². The van der Waals surface area contributed by atoms with Crippen molar-refractivity contribution in [3.63, 3.8) is 0 Å². The van der Waals surface area contributed by atoms with Gasteiger partial charge in [-0.15, -0.1) is 0 Å². The van der Waals surface area contributed by atoms with E-state index in [0.29, 0.717) is 5.82 Å². The molecule has 0 aliphatic carbocycles. The zero-order chi connectivity index (χ0) is 12.5. The summed E-state index contributed by atoms with van der Waals surface area (Å²) in [5.41, 5.74) is 3.84. The average molecular weight is 238 g/mol. The third kappa shape index (κ3) is 1.89. The van der Waals surface area contributed by atoms with Crippen molar-refractivity contribution in [2.75, 3.05) is 0 Å². The van der Waals surface area contributed by atoms with Gasteiger partial charge in [-0.2, -0.15) is 0 Å². The summed E-state index contributed by atoms with van der Waals surface area (Å²) in [6, 6.07) is 15.6. The van der Waals surface area contributed by atoms with Gasteiger partial charge in [0.1, 0.15) is 11.9 Å². The van der Waals surface area contributed by atoms with Gasteiger partial charge >= 0.3 is 0 Å². The molecule has 2 aromatic carbocycles. The van der Waals surface area contributed by atoms with Crippen molar-refractivity contribution in [2.24, 2.45) is 0 Å². The number of benzene rings is 2. The molecule has 18 heavy (non-hydrogen) atoms. The molecule has 1 aromatic heterocycles. The second kappa shape index (κ2) is 4.27. The van der Waals surface area contributed by atoms with Crippen LogP contribution in [-0.4, -0.2) is 15.1 Å². The first-order valence-electron chi connectivity index (χ1n) is 5.93. The van der Waals surface area contributed by atoms with Crippen molar-refractivity contribution < 1.29 is 5.11 Å². The van der Waals surface area contributed by atoms with E-state index in [0.717, 1.165) is 16.6 Å². The molecule has 3 heteroatoms. The van der Waals surface area contributed by atoms with Crippen molar-refractivity contribution >= 4 is 11.0 Å². The number of rotatable bonds is 2. The molecule has 0 radical (unpaired) electrons. The maximum absolute atomic E-state index is 10.3. The van der Waals surface area contributed by atoms with E-state index in [1.165, 1.54) is 5.56 Å². The highest BCUT2D eigenvalue weighted by Crippen LogP contribution is 2.22. The minimum absolute atomic E-state index is 0.583. The summed E-state index contributed by atoms with van der Waals surface area (Å²) in [5, 5.41) is 10.3. The van der Waals surface area contributed by atoms with Crippen LogP contribution in [0.15, 0.2) is 48.5 Å². The van der Waals surface area contributed by atoms with Gasteiger partial charge in [-0.1, -0.05) is 42.0 Å². The summed E-state index contributed by atoms with van der Waals surface area (Å²) in [7, 11) is 0. The lowest BCUT2D eigenvalue weighted by molar-refractivity contribution is 0.211. The Morgan fingerprint density at radius 3 is 2.50 bits per heavy atom. The summed E-state index contributed by atoms with van der Waals surface area (Å²) in [5.74, 6) is 0.583. The number of imidazole rings is 1. The monoisotopic (exact) mass is 238 g/mol. The number of hydrogen-bond acceptors (Lipinski definition) is 2. The van der Waals surface area contributed by atoms with Gasteiger partial charge in [0.05, 0.1) is 11.0 Å². The largest absolute Gasteiger partial charge is 0.380 e. The molecule has 0 fully saturated rings. The van der Waals surface area contributed by atoms with Crippen molar-refractivity contribution in [1.82, 2.24) is 9.97 Å². The van der Waals surface area contributed by atoms with Crippen LogP contribution >= 0.6 is 0 Å². The summed E-state index contributed by atoms with van der Waals surface area (Å²) >= 11 is 0. The van der Waals surface area contributed by atoms with Gasteiger partial charge in [-0.25, -0.2) is 4.98 Å². The maximum Gasteiger partial charge on any atom is 0.140 e. The lowest BCUT2D eigenvalue weighted by Crippen LogP contribution is -2.01. The Hall–Kier alpha value is -2.13. The van der Waals surface area contributed by atoms with Crippen molar-refractivity contribution in [1.29, 1.82) is 0 Å². The number of hydrogen-bond donors (Lipinski definition) is 2. The molecule has 90 valence electrons. The fourth-order valence-electron chi connectivity index (χ4n) is 2.01. The number of H-pyrrole nitrogens is 1. The van der Waals surface area contributed by atoms with Gasteiger partial charge in [-0.3, -0.25) is 0 Å². The Bertz CT molecular complexity index is 637. The zero-order valence-electron chi connectivity index (χ0n) is 10.1. The van der Waals surface area contributed by atoms with Crippen LogP contribution in [0, 0.1) is 6.92 Å². The number of aliphatic hydroxyl groups is 1. The Kier molecular flexibility index (Phi) is 2.61. The topological polar surface area (TPSA) is 48.9 Å². The zero-order valence-corrected chi connectivity index (χ0v) is 10.1. The lowest BCUT2D eigenvalue weighted by atomic mass is 10.1. The maximum atomic E-state index is 10.3. The number of aromatic nitrogens is 2. The molecule has 0 bridgehead atoms. The number of fused-ring (bicyclic) bond motifs is 1. The molecule has 0 spiro atoms. The molecule has 0 saturated carbocycles. The molecule has 0 amide bonds. The quantitative estimate of drug-likeness (QED) is 0.721. The minimum atomic E-state index is -0.710. The van der Waals surface area contributed by atoms with Gasteiger partial charge < -0.3 is 10.1 Å². The predicted molar refractivity (Wildman–Crippen MR) is 71.3 cm³/mol. The number of aliphatic hydroxyl groups excluding tert-OH is 1. The van der Waals surface area contributed by atoms with Crippen LogP contribution in [0.25, 0.3) is 11.0 Å². The third-order valence-electron chi connectivity index (χ3n) is 3.06. The van der Waals surface area contributed by atoms with Crippen LogP contribution in [0.5, 0.6) is 0 Å². The number of para-hydroxylation sites is 2. The molecular formula is C15H14N2O. The van der Waals surface area contributed by atoms with Crippen LogP contribution < -0.4 is 0 Å². The molecule has 2 N–H and O–H groups in total. The second-order valence-corrected chi connectivity index (χ2v) is 4.45. The van der Waals surface area contributed by atoms with Crippen LogP contribution in [0.4, 0.5) is 0 Å². The van der Waals surface area contributed by atoms with Gasteiger partial charge in [-0.05, 0) is 24.6 Å². The molecule has 0 aliphatic rings. The van der Waals surface area contributed by atoms with E-state index in [1.807, 2.05) is 55.5 Å². The van der Waals surface area contributed by atoms with E-state index in [9.17, 15) is 5.11 Å². The molecule has 0 aliphatic heterocycles. The van der Waals surface area contributed by atoms with Crippen LogP contribution in [0.1, 0.15) is 23.1 Å². The highest BCUT2D eigenvalue weighted by molar-refractivity contribution is 5.74. The fourth-order valence-corrected chi connectivity index (χ4v) is 2.01. The number of nitrogens with zero attached hydrogens (tertiary/aromatic N) is 1. The Morgan fingerprint density at radius 1 is 1.06 bits per heavy atom. The lowest BCUT2D eigenvalue weighted by Gasteiger charge is -2.07. The molecule has 3 rings (SSSR count). The Balaban J connectivity index is 2.00. The SMILES string of the molecule is Cc1ccc(C(O)c2nc3ccccc3[nH]2)cc1. The third-order valence-corrected chi connectivity index (χ3v) is 3.06. The normalized spacial score (nSPS) is 12.8. The van der Waals surface area contributed by atoms with Gasteiger partial charge in [0.2, 0.25) is 0 Å². The van der Waals surface area contributed by atoms with Gasteiger partial charge in [0, 0.05) is 0 Å². The fraction of sp³-hybridized carbons (Fsp3) is 0.133. The molecule has 1 atom stereocenters. The van der Waals surface area contributed by atoms with E-state index >= 15 is 0 Å². The number of aryl methyl sites for hydroxylation is 1. The second-order valence-electron chi connectivity index (χ2n) is 4.45. The van der Waals surface area contributed by atoms with Crippen LogP contribution in [0.2, 0.25) is 0 Å². The molecule has 0 saturated heterocycles. The summed E-state index contributed by atoms with van der Waals surface area (Å²) in [6.45, 7) is 2.03. The smallest absolute Gasteiger partial charge is 0.140 e. The molecule has 3 nitrogen and oxygen atoms in total. The highest BCUT2D eigenvalue weighted by Gasteiger charge is 2.14. The van der Waals surface area contributed by atoms with Crippen molar-refractivity contribution in [3.05, 3.63) is 65.5 Å². The van der Waals surface area contributed by atoms with Gasteiger partial charge in [0.25, 0.3) is 0 Å². The number of nitrogens with one attached hydrogen (secondary N) is 1. The van der Waals surface area contributed by atoms with E-state index in [2.05, 4.69) is 9.97 Å². The summed E-state index contributed by atoms with van der Waals surface area (Å²) < 4.78 is 0. The van der Waals surface area contributed by atoms with Crippen molar-refractivity contribution in [3.8, 4) is 0 Å².